The van der Waals surface area contributed by atoms with Crippen molar-refractivity contribution >= 4 is 11.9 Å². The van der Waals surface area contributed by atoms with Gasteiger partial charge < -0.3 is 10.1 Å². The molecule has 4 nitrogen and oxygen atoms in total. The average Bonchev–Trinajstić information content (AvgIpc) is 2.16. The summed E-state index contributed by atoms with van der Waals surface area (Å²) in [7, 11) is 0. The van der Waals surface area contributed by atoms with E-state index in [1.165, 1.54) is 6.92 Å². The Balaban J connectivity index is 2.94. The molecule has 0 spiro atoms. The molecule has 1 aromatic rings. The van der Waals surface area contributed by atoms with Gasteiger partial charge >= 0.3 is 5.97 Å². The molecule has 0 saturated heterocycles. The number of hydrogen-bond acceptors (Lipinski definition) is 3. The van der Waals surface area contributed by atoms with Crippen molar-refractivity contribution < 1.29 is 14.3 Å². The summed E-state index contributed by atoms with van der Waals surface area (Å²) < 4.78 is 4.95. The van der Waals surface area contributed by atoms with E-state index in [-0.39, 0.29) is 17.7 Å². The molecule has 0 aromatic heterocycles. The van der Waals surface area contributed by atoms with E-state index in [9.17, 15) is 9.59 Å². The van der Waals surface area contributed by atoms with Crippen molar-refractivity contribution in [3.8, 4) is 5.75 Å². The molecule has 86 valence electrons. The second-order valence-electron chi connectivity index (χ2n) is 3.72. The van der Waals surface area contributed by atoms with Gasteiger partial charge in [0.2, 0.25) is 0 Å². The van der Waals surface area contributed by atoms with Crippen molar-refractivity contribution in [3.05, 3.63) is 29.8 Å². The Morgan fingerprint density at radius 3 is 2.44 bits per heavy atom. The first-order valence-corrected chi connectivity index (χ1v) is 5.09. The fourth-order valence-electron chi connectivity index (χ4n) is 1.24. The third-order valence-electron chi connectivity index (χ3n) is 1.81. The smallest absolute Gasteiger partial charge is 0.308 e. The van der Waals surface area contributed by atoms with Crippen molar-refractivity contribution in [2.24, 2.45) is 0 Å². The molecular weight excluding hydrogens is 206 g/mol. The van der Waals surface area contributed by atoms with E-state index in [1.54, 1.807) is 24.3 Å². The minimum atomic E-state index is -0.440. The minimum absolute atomic E-state index is 0.0397. The highest BCUT2D eigenvalue weighted by Gasteiger charge is 2.13. The SMILES string of the molecule is CC(=O)Oc1ccccc1C(=O)NC(C)C. The first-order valence-electron chi connectivity index (χ1n) is 5.09. The van der Waals surface area contributed by atoms with E-state index >= 15 is 0 Å². The Bertz CT molecular complexity index is 399. The zero-order chi connectivity index (χ0) is 12.1. The van der Waals surface area contributed by atoms with Gasteiger partial charge in [-0.3, -0.25) is 9.59 Å². The van der Waals surface area contributed by atoms with Crippen LogP contribution in [0.2, 0.25) is 0 Å². The summed E-state index contributed by atoms with van der Waals surface area (Å²) in [6.07, 6.45) is 0. The van der Waals surface area contributed by atoms with Crippen molar-refractivity contribution in [1.29, 1.82) is 0 Å². The Morgan fingerprint density at radius 1 is 1.25 bits per heavy atom. The number of benzene rings is 1. The fraction of sp³-hybridized carbons (Fsp3) is 0.333. The van der Waals surface area contributed by atoms with Gasteiger partial charge in [0, 0.05) is 13.0 Å². The fourth-order valence-corrected chi connectivity index (χ4v) is 1.24. The first kappa shape index (κ1) is 12.2. The number of carbonyl (C=O) groups excluding carboxylic acids is 2. The summed E-state index contributed by atoms with van der Waals surface area (Å²) in [5, 5.41) is 2.74. The summed E-state index contributed by atoms with van der Waals surface area (Å²) >= 11 is 0. The normalized spacial score (nSPS) is 10.0. The number of esters is 1. The molecule has 4 heteroatoms. The molecule has 0 atom stereocenters. The van der Waals surface area contributed by atoms with Gasteiger partial charge in [0.05, 0.1) is 5.56 Å². The van der Waals surface area contributed by atoms with Crippen LogP contribution in [-0.2, 0) is 4.79 Å². The van der Waals surface area contributed by atoms with Crippen LogP contribution in [0.25, 0.3) is 0 Å². The molecule has 1 amide bonds. The Morgan fingerprint density at radius 2 is 1.88 bits per heavy atom. The Hall–Kier alpha value is -1.84. The lowest BCUT2D eigenvalue weighted by molar-refractivity contribution is -0.131. The van der Waals surface area contributed by atoms with E-state index < -0.39 is 5.97 Å². The van der Waals surface area contributed by atoms with Crippen LogP contribution in [0.15, 0.2) is 24.3 Å². The summed E-state index contributed by atoms with van der Waals surface area (Å²) in [6, 6.07) is 6.69. The van der Waals surface area contributed by atoms with Gasteiger partial charge in [-0.15, -0.1) is 0 Å². The first-order chi connectivity index (χ1) is 7.50. The van der Waals surface area contributed by atoms with Gasteiger partial charge in [0.25, 0.3) is 5.91 Å². The van der Waals surface area contributed by atoms with Gasteiger partial charge in [-0.25, -0.2) is 0 Å². The zero-order valence-electron chi connectivity index (χ0n) is 9.61. The third-order valence-corrected chi connectivity index (χ3v) is 1.81. The average molecular weight is 221 g/mol. The lowest BCUT2D eigenvalue weighted by Crippen LogP contribution is -2.30. The largest absolute Gasteiger partial charge is 0.426 e. The molecule has 0 aliphatic carbocycles. The van der Waals surface area contributed by atoms with Crippen molar-refractivity contribution in [1.82, 2.24) is 5.32 Å². The molecule has 0 fully saturated rings. The Labute approximate surface area is 94.6 Å². The van der Waals surface area contributed by atoms with Crippen molar-refractivity contribution in [2.75, 3.05) is 0 Å². The summed E-state index contributed by atoms with van der Waals surface area (Å²) in [4.78, 5) is 22.6. The molecule has 0 radical (unpaired) electrons. The van der Waals surface area contributed by atoms with E-state index in [4.69, 9.17) is 4.74 Å². The second kappa shape index (κ2) is 5.30. The highest BCUT2D eigenvalue weighted by molar-refractivity contribution is 5.97. The summed E-state index contributed by atoms with van der Waals surface area (Å²) in [6.45, 7) is 5.04. The van der Waals surface area contributed by atoms with E-state index in [1.807, 2.05) is 13.8 Å². The predicted molar refractivity (Wildman–Crippen MR) is 60.4 cm³/mol. The van der Waals surface area contributed by atoms with Gasteiger partial charge in [-0.05, 0) is 26.0 Å². The van der Waals surface area contributed by atoms with Gasteiger partial charge in [0.15, 0.2) is 0 Å². The third kappa shape index (κ3) is 3.38. The van der Waals surface area contributed by atoms with Crippen LogP contribution >= 0.6 is 0 Å². The van der Waals surface area contributed by atoms with Crippen LogP contribution in [0.1, 0.15) is 31.1 Å². The van der Waals surface area contributed by atoms with Gasteiger partial charge in [-0.2, -0.15) is 0 Å². The molecule has 0 heterocycles. The van der Waals surface area contributed by atoms with Gasteiger partial charge in [0.1, 0.15) is 5.75 Å². The van der Waals surface area contributed by atoms with Crippen molar-refractivity contribution in [3.63, 3.8) is 0 Å². The standard InChI is InChI=1S/C12H15NO3/c1-8(2)13-12(15)10-6-4-5-7-11(10)16-9(3)14/h4-8H,1-3H3,(H,13,15). The molecular formula is C12H15NO3. The number of nitrogens with one attached hydrogen (secondary N) is 1. The topological polar surface area (TPSA) is 55.4 Å². The molecule has 0 saturated carbocycles. The lowest BCUT2D eigenvalue weighted by Gasteiger charge is -2.11. The van der Waals surface area contributed by atoms with Crippen LogP contribution in [0, 0.1) is 0 Å². The highest BCUT2D eigenvalue weighted by Crippen LogP contribution is 2.17. The lowest BCUT2D eigenvalue weighted by atomic mass is 10.2. The maximum absolute atomic E-state index is 11.8. The van der Waals surface area contributed by atoms with Gasteiger partial charge in [-0.1, -0.05) is 12.1 Å². The molecule has 0 unspecified atom stereocenters. The van der Waals surface area contributed by atoms with Crippen LogP contribution in [0.3, 0.4) is 0 Å². The maximum Gasteiger partial charge on any atom is 0.308 e. The molecule has 0 bridgehead atoms. The van der Waals surface area contributed by atoms with E-state index in [0.29, 0.717) is 5.56 Å². The molecule has 1 N–H and O–H groups in total. The van der Waals surface area contributed by atoms with Crippen LogP contribution in [0.5, 0.6) is 5.75 Å². The minimum Gasteiger partial charge on any atom is -0.426 e. The number of hydrogen-bond donors (Lipinski definition) is 1. The maximum atomic E-state index is 11.8. The number of carbonyl (C=O) groups is 2. The van der Waals surface area contributed by atoms with Crippen LogP contribution in [0.4, 0.5) is 0 Å². The van der Waals surface area contributed by atoms with E-state index in [2.05, 4.69) is 5.32 Å². The quantitative estimate of drug-likeness (QED) is 0.625. The highest BCUT2D eigenvalue weighted by atomic mass is 16.5. The molecule has 1 aromatic carbocycles. The second-order valence-corrected chi connectivity index (χ2v) is 3.72. The molecule has 16 heavy (non-hydrogen) atoms. The predicted octanol–water partition coefficient (Wildman–Crippen LogP) is 1.75. The monoisotopic (exact) mass is 221 g/mol. The zero-order valence-corrected chi connectivity index (χ0v) is 9.61. The number of ether oxygens (including phenoxy) is 1. The summed E-state index contributed by atoms with van der Waals surface area (Å²) in [5.41, 5.74) is 0.367. The van der Waals surface area contributed by atoms with Crippen molar-refractivity contribution in [2.45, 2.75) is 26.8 Å². The number of rotatable bonds is 3. The molecule has 1 rings (SSSR count). The molecule has 0 aliphatic rings. The number of para-hydroxylation sites is 1. The van der Waals surface area contributed by atoms with Crippen LogP contribution in [-0.4, -0.2) is 17.9 Å². The summed E-state index contributed by atoms with van der Waals surface area (Å²) in [5.74, 6) is -0.398. The Kier molecular flexibility index (Phi) is 4.05. The number of amides is 1. The van der Waals surface area contributed by atoms with Crippen LogP contribution < -0.4 is 10.1 Å². The molecule has 0 aliphatic heterocycles. The van der Waals surface area contributed by atoms with E-state index in [0.717, 1.165) is 0 Å².